The number of fused-ring (bicyclic) bond motifs is 1. The second-order valence-electron chi connectivity index (χ2n) is 7.40. The molecule has 2 aromatic rings. The summed E-state index contributed by atoms with van der Waals surface area (Å²) in [4.78, 5) is 18.2. The Bertz CT molecular complexity index is 982. The number of anilines is 1. The minimum atomic E-state index is -0.469. The predicted octanol–water partition coefficient (Wildman–Crippen LogP) is 2.83. The standard InChI is InChI=1S/C22H25FN4O4/c23-16-5-6-18(28)17(12-16)26-22(24-8-2-10-27-9-1-3-21(27)29)25-13-15-4-7-19-20(11-15)31-14-30-19/h4-7,11-12,28H,1-3,8-10,13-14H2,(H2,24,25,26). The molecule has 1 saturated heterocycles. The monoisotopic (exact) mass is 428 g/mol. The van der Waals surface area contributed by atoms with Crippen molar-refractivity contribution in [3.05, 3.63) is 47.8 Å². The highest BCUT2D eigenvalue weighted by Gasteiger charge is 2.19. The zero-order valence-corrected chi connectivity index (χ0v) is 17.1. The first-order chi connectivity index (χ1) is 15.1. The van der Waals surface area contributed by atoms with E-state index in [2.05, 4.69) is 15.6 Å². The third-order valence-electron chi connectivity index (χ3n) is 5.14. The number of likely N-dealkylation sites (tertiary alicyclic amines) is 1. The number of aliphatic imine (C=N–C) groups is 1. The number of phenols is 1. The molecule has 4 rings (SSSR count). The molecular weight excluding hydrogens is 403 g/mol. The van der Waals surface area contributed by atoms with E-state index in [0.29, 0.717) is 43.5 Å². The fourth-order valence-electron chi connectivity index (χ4n) is 3.50. The highest BCUT2D eigenvalue weighted by atomic mass is 19.1. The van der Waals surface area contributed by atoms with E-state index in [1.807, 2.05) is 23.1 Å². The van der Waals surface area contributed by atoms with Crippen molar-refractivity contribution in [2.75, 3.05) is 31.7 Å². The molecule has 2 aliphatic rings. The smallest absolute Gasteiger partial charge is 0.231 e. The first-order valence-electron chi connectivity index (χ1n) is 10.3. The van der Waals surface area contributed by atoms with Crippen molar-refractivity contribution in [1.82, 2.24) is 10.2 Å². The molecule has 2 heterocycles. The van der Waals surface area contributed by atoms with Gasteiger partial charge in [0.05, 0.1) is 12.2 Å². The summed E-state index contributed by atoms with van der Waals surface area (Å²) in [5, 5.41) is 16.2. The summed E-state index contributed by atoms with van der Waals surface area (Å²) >= 11 is 0. The van der Waals surface area contributed by atoms with E-state index in [-0.39, 0.29) is 24.1 Å². The molecule has 164 valence electrons. The topological polar surface area (TPSA) is 95.4 Å². The normalized spacial score (nSPS) is 15.5. The van der Waals surface area contributed by atoms with Gasteiger partial charge in [-0.05, 0) is 42.7 Å². The summed E-state index contributed by atoms with van der Waals surface area (Å²) in [6, 6.07) is 9.26. The summed E-state index contributed by atoms with van der Waals surface area (Å²) in [5.41, 5.74) is 1.13. The number of nitrogens with one attached hydrogen (secondary N) is 2. The Kier molecular flexibility index (Phi) is 6.40. The number of aromatic hydroxyl groups is 1. The van der Waals surface area contributed by atoms with Gasteiger partial charge in [-0.15, -0.1) is 0 Å². The first kappa shape index (κ1) is 20.8. The third kappa shape index (κ3) is 5.36. The molecule has 0 atom stereocenters. The minimum Gasteiger partial charge on any atom is -0.506 e. The SMILES string of the molecule is O=C1CCCN1CCCNC(=NCc1ccc2c(c1)OCO2)Nc1cc(F)ccc1O. The quantitative estimate of drug-likeness (QED) is 0.272. The van der Waals surface area contributed by atoms with Gasteiger partial charge in [-0.3, -0.25) is 4.79 Å². The molecule has 3 N–H and O–H groups in total. The van der Waals surface area contributed by atoms with Crippen molar-refractivity contribution in [3.63, 3.8) is 0 Å². The molecule has 0 radical (unpaired) electrons. The second-order valence-corrected chi connectivity index (χ2v) is 7.40. The number of phenolic OH excluding ortho intramolecular Hbond substituents is 1. The van der Waals surface area contributed by atoms with Crippen LogP contribution >= 0.6 is 0 Å². The number of carbonyl (C=O) groups is 1. The molecule has 0 bridgehead atoms. The van der Waals surface area contributed by atoms with Gasteiger partial charge in [0.15, 0.2) is 17.5 Å². The summed E-state index contributed by atoms with van der Waals surface area (Å²) in [5.74, 6) is 1.41. The first-order valence-corrected chi connectivity index (χ1v) is 10.3. The lowest BCUT2D eigenvalue weighted by atomic mass is 10.2. The predicted molar refractivity (Wildman–Crippen MR) is 114 cm³/mol. The van der Waals surface area contributed by atoms with Crippen LogP contribution in [0.15, 0.2) is 41.4 Å². The van der Waals surface area contributed by atoms with E-state index in [1.54, 1.807) is 0 Å². The lowest BCUT2D eigenvalue weighted by Gasteiger charge is -2.17. The third-order valence-corrected chi connectivity index (χ3v) is 5.14. The Morgan fingerprint density at radius 1 is 1.19 bits per heavy atom. The second kappa shape index (κ2) is 9.55. The lowest BCUT2D eigenvalue weighted by molar-refractivity contribution is -0.127. The van der Waals surface area contributed by atoms with Crippen molar-refractivity contribution in [1.29, 1.82) is 0 Å². The summed E-state index contributed by atoms with van der Waals surface area (Å²) in [6.45, 7) is 2.58. The van der Waals surface area contributed by atoms with Crippen molar-refractivity contribution in [2.24, 2.45) is 4.99 Å². The molecular formula is C22H25FN4O4. The van der Waals surface area contributed by atoms with Crippen molar-refractivity contribution >= 4 is 17.6 Å². The molecule has 8 nitrogen and oxygen atoms in total. The van der Waals surface area contributed by atoms with E-state index < -0.39 is 5.82 Å². The number of carbonyl (C=O) groups excluding carboxylic acids is 1. The summed E-state index contributed by atoms with van der Waals surface area (Å²) in [7, 11) is 0. The number of ether oxygens (including phenoxy) is 2. The van der Waals surface area contributed by atoms with Crippen LogP contribution < -0.4 is 20.1 Å². The van der Waals surface area contributed by atoms with E-state index in [9.17, 15) is 14.3 Å². The molecule has 9 heteroatoms. The van der Waals surface area contributed by atoms with E-state index >= 15 is 0 Å². The number of amides is 1. The molecule has 2 aliphatic heterocycles. The van der Waals surface area contributed by atoms with Gasteiger partial charge in [0.2, 0.25) is 12.7 Å². The van der Waals surface area contributed by atoms with Crippen LogP contribution in [0.2, 0.25) is 0 Å². The van der Waals surface area contributed by atoms with Crippen LogP contribution in [0.25, 0.3) is 0 Å². The van der Waals surface area contributed by atoms with Crippen molar-refractivity contribution in [2.45, 2.75) is 25.8 Å². The molecule has 1 fully saturated rings. The number of guanidine groups is 1. The van der Waals surface area contributed by atoms with Crippen LogP contribution in [0.3, 0.4) is 0 Å². The fraction of sp³-hybridized carbons (Fsp3) is 0.364. The Labute approximate surface area is 179 Å². The van der Waals surface area contributed by atoms with Crippen molar-refractivity contribution < 1.29 is 23.8 Å². The maximum atomic E-state index is 13.6. The average Bonchev–Trinajstić information content (AvgIpc) is 3.40. The van der Waals surface area contributed by atoms with Crippen LogP contribution in [-0.4, -0.2) is 48.3 Å². The maximum Gasteiger partial charge on any atom is 0.231 e. The zero-order chi connectivity index (χ0) is 21.6. The van der Waals surface area contributed by atoms with E-state index in [0.717, 1.165) is 24.9 Å². The maximum absolute atomic E-state index is 13.6. The Morgan fingerprint density at radius 2 is 2.06 bits per heavy atom. The molecule has 31 heavy (non-hydrogen) atoms. The molecule has 0 unspecified atom stereocenters. The molecule has 0 aromatic heterocycles. The molecule has 0 saturated carbocycles. The molecule has 1 amide bonds. The summed E-state index contributed by atoms with van der Waals surface area (Å²) in [6.07, 6.45) is 2.27. The molecule has 0 aliphatic carbocycles. The van der Waals surface area contributed by atoms with Crippen LogP contribution in [-0.2, 0) is 11.3 Å². The highest BCUT2D eigenvalue weighted by Crippen LogP contribution is 2.32. The van der Waals surface area contributed by atoms with Gasteiger partial charge in [0.1, 0.15) is 11.6 Å². The number of rotatable bonds is 7. The zero-order valence-electron chi connectivity index (χ0n) is 17.1. The Balaban J connectivity index is 1.41. The highest BCUT2D eigenvalue weighted by molar-refractivity contribution is 5.94. The van der Waals surface area contributed by atoms with Gasteiger partial charge >= 0.3 is 0 Å². The van der Waals surface area contributed by atoms with Gasteiger partial charge in [-0.1, -0.05) is 6.07 Å². The van der Waals surface area contributed by atoms with Gasteiger partial charge in [0.25, 0.3) is 0 Å². The van der Waals surface area contributed by atoms with Crippen LogP contribution in [0.5, 0.6) is 17.2 Å². The minimum absolute atomic E-state index is 0.0818. The lowest BCUT2D eigenvalue weighted by Crippen LogP contribution is -2.34. The number of hydrogen-bond donors (Lipinski definition) is 3. The van der Waals surface area contributed by atoms with Crippen LogP contribution in [0, 0.1) is 5.82 Å². The van der Waals surface area contributed by atoms with Gasteiger partial charge in [-0.25, -0.2) is 9.38 Å². The summed E-state index contributed by atoms with van der Waals surface area (Å²) < 4.78 is 24.3. The Hall–Kier alpha value is -3.49. The number of benzene rings is 2. The van der Waals surface area contributed by atoms with E-state index in [4.69, 9.17) is 9.47 Å². The van der Waals surface area contributed by atoms with E-state index in [1.165, 1.54) is 18.2 Å². The largest absolute Gasteiger partial charge is 0.506 e. The van der Waals surface area contributed by atoms with Crippen LogP contribution in [0.1, 0.15) is 24.8 Å². The number of halogens is 1. The molecule has 0 spiro atoms. The van der Waals surface area contributed by atoms with Gasteiger partial charge in [0, 0.05) is 32.1 Å². The fourth-order valence-corrected chi connectivity index (χ4v) is 3.50. The average molecular weight is 428 g/mol. The Morgan fingerprint density at radius 3 is 2.90 bits per heavy atom. The van der Waals surface area contributed by atoms with Crippen molar-refractivity contribution in [3.8, 4) is 17.2 Å². The number of hydrogen-bond acceptors (Lipinski definition) is 5. The van der Waals surface area contributed by atoms with Gasteiger partial charge < -0.3 is 30.1 Å². The number of nitrogens with zero attached hydrogens (tertiary/aromatic N) is 2. The van der Waals surface area contributed by atoms with Crippen LogP contribution in [0.4, 0.5) is 10.1 Å². The molecule has 2 aromatic carbocycles. The van der Waals surface area contributed by atoms with Gasteiger partial charge in [-0.2, -0.15) is 0 Å².